The Kier molecular flexibility index (Phi) is 8.32. The van der Waals surface area contributed by atoms with Gasteiger partial charge in [0.25, 0.3) is 6.43 Å². The second-order valence-electron chi connectivity index (χ2n) is 10.3. The molecule has 3 heterocycles. The molecule has 1 atom stereocenters. The fourth-order valence-electron chi connectivity index (χ4n) is 4.71. The van der Waals surface area contributed by atoms with Crippen LogP contribution in [0.3, 0.4) is 0 Å². The molecule has 1 unspecified atom stereocenters. The predicted molar refractivity (Wildman–Crippen MR) is 138 cm³/mol. The molecule has 1 saturated carbocycles. The van der Waals surface area contributed by atoms with E-state index in [2.05, 4.69) is 20.3 Å². The molecular formula is C28H32F2N4O4. The minimum absolute atomic E-state index is 0.0445. The average molecular weight is 527 g/mol. The number of hydrogen-bond donors (Lipinski definition) is 4. The zero-order valence-corrected chi connectivity index (χ0v) is 21.3. The molecule has 3 aromatic rings. The summed E-state index contributed by atoms with van der Waals surface area (Å²) in [6.45, 7) is 3.27. The van der Waals surface area contributed by atoms with Crippen molar-refractivity contribution in [3.05, 3.63) is 65.6 Å². The molecular weight excluding hydrogens is 494 g/mol. The number of nitrogens with one attached hydrogen (secondary N) is 1. The van der Waals surface area contributed by atoms with E-state index in [0.717, 1.165) is 0 Å². The van der Waals surface area contributed by atoms with Gasteiger partial charge in [0.05, 0.1) is 23.3 Å². The summed E-state index contributed by atoms with van der Waals surface area (Å²) in [7, 11) is 0. The fraction of sp³-hybridized carbons (Fsp3) is 0.429. The molecule has 4 rings (SSSR count). The predicted octanol–water partition coefficient (Wildman–Crippen LogP) is 5.24. The van der Waals surface area contributed by atoms with Crippen LogP contribution in [-0.2, 0) is 16.8 Å². The lowest BCUT2D eigenvalue weighted by Gasteiger charge is -2.29. The Morgan fingerprint density at radius 3 is 2.42 bits per heavy atom. The maximum Gasteiger partial charge on any atom is 0.306 e. The second kappa shape index (κ2) is 11.5. The van der Waals surface area contributed by atoms with E-state index in [9.17, 15) is 28.9 Å². The van der Waals surface area contributed by atoms with Crippen LogP contribution >= 0.6 is 0 Å². The Balaban J connectivity index is 1.51. The van der Waals surface area contributed by atoms with Crippen molar-refractivity contribution in [1.82, 2.24) is 15.0 Å². The van der Waals surface area contributed by atoms with Gasteiger partial charge in [-0.05, 0) is 87.4 Å². The normalized spacial score (nSPS) is 18.8. The van der Waals surface area contributed by atoms with Crippen LogP contribution in [0.2, 0.25) is 0 Å². The molecule has 10 heteroatoms. The number of carboxylic acid groups (broad SMARTS) is 1. The molecule has 0 aliphatic heterocycles. The van der Waals surface area contributed by atoms with E-state index < -0.39 is 24.1 Å². The Morgan fingerprint density at radius 1 is 1.08 bits per heavy atom. The summed E-state index contributed by atoms with van der Waals surface area (Å²) in [6.07, 6.45) is 2.55. The number of alkyl halides is 2. The Labute approximate surface area is 219 Å². The fourth-order valence-corrected chi connectivity index (χ4v) is 4.71. The third kappa shape index (κ3) is 6.87. The summed E-state index contributed by atoms with van der Waals surface area (Å²) in [4.78, 5) is 24.3. The summed E-state index contributed by atoms with van der Waals surface area (Å²) in [6, 6.07) is 9.50. The highest BCUT2D eigenvalue weighted by atomic mass is 19.3. The van der Waals surface area contributed by atoms with Gasteiger partial charge in [0.15, 0.2) is 0 Å². The lowest BCUT2D eigenvalue weighted by atomic mass is 9.78. The molecule has 8 nitrogen and oxygen atoms in total. The van der Waals surface area contributed by atoms with Crippen LogP contribution in [0.25, 0.3) is 11.3 Å². The molecule has 1 aliphatic carbocycles. The molecule has 0 radical (unpaired) electrons. The van der Waals surface area contributed by atoms with E-state index in [1.807, 2.05) is 6.07 Å². The molecule has 3 aromatic heterocycles. The first-order valence-corrected chi connectivity index (χ1v) is 12.6. The second-order valence-corrected chi connectivity index (χ2v) is 10.3. The van der Waals surface area contributed by atoms with Crippen LogP contribution in [0, 0.1) is 11.8 Å². The van der Waals surface area contributed by atoms with Gasteiger partial charge in [0.2, 0.25) is 0 Å². The van der Waals surface area contributed by atoms with Crippen LogP contribution in [0.4, 0.5) is 20.4 Å². The number of pyridine rings is 3. The number of hydrogen-bond acceptors (Lipinski definition) is 7. The number of carboxylic acids is 1. The number of rotatable bonds is 9. The number of nitrogens with zero attached hydrogens (tertiary/aromatic N) is 3. The quantitative estimate of drug-likeness (QED) is 0.298. The first-order chi connectivity index (χ1) is 18.0. The van der Waals surface area contributed by atoms with Gasteiger partial charge in [0.1, 0.15) is 11.6 Å². The van der Waals surface area contributed by atoms with Crippen molar-refractivity contribution < 1.29 is 28.9 Å². The monoisotopic (exact) mass is 526 g/mol. The molecule has 0 bridgehead atoms. The van der Waals surface area contributed by atoms with Crippen molar-refractivity contribution in [1.29, 1.82) is 0 Å². The van der Waals surface area contributed by atoms with Crippen LogP contribution < -0.4 is 5.32 Å². The number of aromatic nitrogens is 3. The SMILES string of the molecule is CC(C)(O)c1cc(Nc2cc(C(F)F)ccn2)nc(-c2ccc(CC(O)C3CCC(C(=O)O)CC3)nc2)c1. The van der Waals surface area contributed by atoms with Crippen molar-refractivity contribution in [3.8, 4) is 11.3 Å². The first-order valence-electron chi connectivity index (χ1n) is 12.6. The number of aliphatic hydroxyl groups excluding tert-OH is 1. The van der Waals surface area contributed by atoms with Crippen molar-refractivity contribution in [2.75, 3.05) is 5.32 Å². The Bertz CT molecular complexity index is 1260. The summed E-state index contributed by atoms with van der Waals surface area (Å²) >= 11 is 0. The average Bonchev–Trinajstić information content (AvgIpc) is 2.88. The highest BCUT2D eigenvalue weighted by molar-refractivity contribution is 5.70. The molecule has 1 fully saturated rings. The largest absolute Gasteiger partial charge is 0.481 e. The number of halogens is 2. The van der Waals surface area contributed by atoms with Crippen molar-refractivity contribution in [3.63, 3.8) is 0 Å². The summed E-state index contributed by atoms with van der Waals surface area (Å²) < 4.78 is 26.2. The Morgan fingerprint density at radius 2 is 1.82 bits per heavy atom. The van der Waals surface area contributed by atoms with Crippen LogP contribution in [0.15, 0.2) is 48.8 Å². The summed E-state index contributed by atoms with van der Waals surface area (Å²) in [5, 5.41) is 33.5. The third-order valence-corrected chi connectivity index (χ3v) is 7.03. The van der Waals surface area contributed by atoms with Crippen LogP contribution in [0.5, 0.6) is 0 Å². The zero-order chi connectivity index (χ0) is 27.4. The molecule has 0 aromatic carbocycles. The van der Waals surface area contributed by atoms with E-state index in [1.54, 1.807) is 38.2 Å². The molecule has 38 heavy (non-hydrogen) atoms. The standard InChI is InChI=1S/C28H32F2N4O4/c1-28(2,38)20-12-22(33-25(13-20)34-24-11-18(26(29)30)9-10-31-24)19-7-8-21(32-15-19)14-23(35)16-3-5-17(6-4-16)27(36)37/h7-13,15-17,23,26,35,38H,3-6,14H2,1-2H3,(H,36,37)(H,31,33,34). The molecule has 0 saturated heterocycles. The van der Waals surface area contributed by atoms with Crippen molar-refractivity contribution >= 4 is 17.6 Å². The molecule has 0 amide bonds. The van der Waals surface area contributed by atoms with E-state index in [1.165, 1.54) is 18.3 Å². The minimum atomic E-state index is -2.63. The van der Waals surface area contributed by atoms with Gasteiger partial charge in [-0.15, -0.1) is 0 Å². The highest BCUT2D eigenvalue weighted by Crippen LogP contribution is 2.33. The lowest BCUT2D eigenvalue weighted by molar-refractivity contribution is -0.143. The topological polar surface area (TPSA) is 128 Å². The zero-order valence-electron chi connectivity index (χ0n) is 21.3. The summed E-state index contributed by atoms with van der Waals surface area (Å²) in [5.74, 6) is -0.521. The summed E-state index contributed by atoms with van der Waals surface area (Å²) in [5.41, 5.74) is 1.09. The van der Waals surface area contributed by atoms with E-state index in [4.69, 9.17) is 0 Å². The number of aliphatic hydroxyl groups is 2. The third-order valence-electron chi connectivity index (χ3n) is 7.03. The molecule has 0 spiro atoms. The van der Waals surface area contributed by atoms with Gasteiger partial charge < -0.3 is 20.6 Å². The smallest absolute Gasteiger partial charge is 0.306 e. The van der Waals surface area contributed by atoms with Gasteiger partial charge in [-0.3, -0.25) is 9.78 Å². The maximum absolute atomic E-state index is 13.1. The Hall–Kier alpha value is -3.50. The number of carbonyl (C=O) groups is 1. The molecule has 1 aliphatic rings. The van der Waals surface area contributed by atoms with E-state index in [0.29, 0.717) is 60.4 Å². The van der Waals surface area contributed by atoms with E-state index in [-0.39, 0.29) is 23.2 Å². The number of anilines is 2. The van der Waals surface area contributed by atoms with Crippen molar-refractivity contribution in [2.24, 2.45) is 11.8 Å². The maximum atomic E-state index is 13.1. The molecule has 202 valence electrons. The van der Waals surface area contributed by atoms with Gasteiger partial charge in [0, 0.05) is 35.6 Å². The molecule has 4 N–H and O–H groups in total. The number of aliphatic carboxylic acids is 1. The van der Waals surface area contributed by atoms with Gasteiger partial charge in [-0.25, -0.2) is 18.7 Å². The van der Waals surface area contributed by atoms with E-state index >= 15 is 0 Å². The minimum Gasteiger partial charge on any atom is -0.481 e. The van der Waals surface area contributed by atoms with Gasteiger partial charge in [-0.2, -0.15) is 0 Å². The van der Waals surface area contributed by atoms with Crippen molar-refractivity contribution in [2.45, 2.75) is 64.1 Å². The van der Waals surface area contributed by atoms with Gasteiger partial charge >= 0.3 is 5.97 Å². The van der Waals surface area contributed by atoms with Crippen LogP contribution in [0.1, 0.15) is 62.8 Å². The first kappa shape index (κ1) is 27.5. The van der Waals surface area contributed by atoms with Gasteiger partial charge in [-0.1, -0.05) is 0 Å². The highest BCUT2D eigenvalue weighted by Gasteiger charge is 2.30. The lowest BCUT2D eigenvalue weighted by Crippen LogP contribution is -2.30. The van der Waals surface area contributed by atoms with Crippen LogP contribution in [-0.4, -0.2) is 42.3 Å².